The molecule has 1 N–H and O–H groups in total. The van der Waals surface area contributed by atoms with E-state index in [1.807, 2.05) is 13.8 Å². The minimum absolute atomic E-state index is 0.0563. The Morgan fingerprint density at radius 2 is 1.81 bits per heavy atom. The van der Waals surface area contributed by atoms with Crippen LogP contribution in [0, 0.1) is 0 Å². The van der Waals surface area contributed by atoms with Crippen LogP contribution in [0.4, 0.5) is 5.69 Å². The molecule has 1 fully saturated rings. The Hall–Kier alpha value is -1.06. The molecule has 0 bridgehead atoms. The third-order valence-electron chi connectivity index (χ3n) is 3.34. The highest BCUT2D eigenvalue weighted by molar-refractivity contribution is 5.59. The predicted octanol–water partition coefficient (Wildman–Crippen LogP) is 2.18. The van der Waals surface area contributed by atoms with Crippen LogP contribution in [0.15, 0.2) is 24.3 Å². The second-order valence-corrected chi connectivity index (χ2v) is 5.22. The van der Waals surface area contributed by atoms with E-state index in [-0.39, 0.29) is 5.54 Å². The van der Waals surface area contributed by atoms with Gasteiger partial charge in [-0.3, -0.25) is 0 Å². The van der Waals surface area contributed by atoms with Crippen molar-refractivity contribution in [3.63, 3.8) is 0 Å². The van der Waals surface area contributed by atoms with E-state index >= 15 is 0 Å². The lowest BCUT2D eigenvalue weighted by Crippen LogP contribution is -2.54. The number of anilines is 1. The zero-order chi connectivity index (χ0) is 11.2. The third kappa shape index (κ3) is 1.60. The van der Waals surface area contributed by atoms with Crippen LogP contribution in [0.3, 0.4) is 0 Å². The van der Waals surface area contributed by atoms with Gasteiger partial charge in [-0.1, -0.05) is 18.2 Å². The Bertz CT molecular complexity index is 377. The number of ether oxygens (including phenoxy) is 2. The number of fused-ring (bicyclic) bond motifs is 1. The van der Waals surface area contributed by atoms with Gasteiger partial charge in [0, 0.05) is 12.1 Å². The topological polar surface area (TPSA) is 30.5 Å². The standard InChI is InChI=1S/C13H17NO2/c1-12(2)15-8-13(9-16-12)7-10-5-3-4-6-11(10)14-13/h3-6,14H,7-9H2,1-2H3. The van der Waals surface area contributed by atoms with Crippen molar-refractivity contribution >= 4 is 5.69 Å². The van der Waals surface area contributed by atoms with Crippen LogP contribution >= 0.6 is 0 Å². The van der Waals surface area contributed by atoms with Crippen LogP contribution in [-0.4, -0.2) is 24.5 Å². The average Bonchev–Trinajstić information content (AvgIpc) is 2.62. The van der Waals surface area contributed by atoms with Gasteiger partial charge in [0.1, 0.15) is 0 Å². The third-order valence-corrected chi connectivity index (χ3v) is 3.34. The fourth-order valence-electron chi connectivity index (χ4n) is 2.37. The first-order chi connectivity index (χ1) is 7.59. The summed E-state index contributed by atoms with van der Waals surface area (Å²) in [5, 5.41) is 3.54. The van der Waals surface area contributed by atoms with E-state index in [9.17, 15) is 0 Å². The summed E-state index contributed by atoms with van der Waals surface area (Å²) in [4.78, 5) is 0. The molecule has 86 valence electrons. The maximum atomic E-state index is 5.75. The molecule has 0 saturated carbocycles. The minimum Gasteiger partial charge on any atom is -0.375 e. The van der Waals surface area contributed by atoms with Crippen LogP contribution in [0.2, 0.25) is 0 Å². The van der Waals surface area contributed by atoms with E-state index < -0.39 is 5.79 Å². The molecule has 16 heavy (non-hydrogen) atoms. The SMILES string of the molecule is CC1(C)OCC2(CO1)Cc1ccccc1N2. The summed E-state index contributed by atoms with van der Waals surface area (Å²) in [6.07, 6.45) is 0.985. The van der Waals surface area contributed by atoms with E-state index in [4.69, 9.17) is 9.47 Å². The summed E-state index contributed by atoms with van der Waals surface area (Å²) in [7, 11) is 0. The van der Waals surface area contributed by atoms with Gasteiger partial charge in [-0.05, 0) is 25.5 Å². The molecule has 1 spiro atoms. The number of hydrogen-bond donors (Lipinski definition) is 1. The van der Waals surface area contributed by atoms with Crippen molar-refractivity contribution in [2.24, 2.45) is 0 Å². The maximum Gasteiger partial charge on any atom is 0.162 e. The zero-order valence-corrected chi connectivity index (χ0v) is 9.75. The molecule has 3 heteroatoms. The van der Waals surface area contributed by atoms with Crippen molar-refractivity contribution in [2.45, 2.75) is 31.6 Å². The van der Waals surface area contributed by atoms with Crippen LogP contribution in [0.25, 0.3) is 0 Å². The van der Waals surface area contributed by atoms with Crippen LogP contribution < -0.4 is 5.32 Å². The second kappa shape index (κ2) is 3.22. The van der Waals surface area contributed by atoms with Crippen molar-refractivity contribution in [3.05, 3.63) is 29.8 Å². The van der Waals surface area contributed by atoms with Gasteiger partial charge in [0.2, 0.25) is 0 Å². The summed E-state index contributed by atoms with van der Waals surface area (Å²) in [6.45, 7) is 5.33. The molecule has 3 rings (SSSR count). The number of hydrogen-bond acceptors (Lipinski definition) is 3. The molecule has 0 aliphatic carbocycles. The van der Waals surface area contributed by atoms with E-state index in [2.05, 4.69) is 29.6 Å². The quantitative estimate of drug-likeness (QED) is 0.725. The van der Waals surface area contributed by atoms with Gasteiger partial charge in [0.25, 0.3) is 0 Å². The molecule has 1 aromatic carbocycles. The zero-order valence-electron chi connectivity index (χ0n) is 9.75. The summed E-state index contributed by atoms with van der Waals surface area (Å²) in [5.74, 6) is -0.443. The van der Waals surface area contributed by atoms with Gasteiger partial charge in [-0.25, -0.2) is 0 Å². The fraction of sp³-hybridized carbons (Fsp3) is 0.538. The molecule has 0 aromatic heterocycles. The molecular formula is C13H17NO2. The van der Waals surface area contributed by atoms with Crippen molar-refractivity contribution in [2.75, 3.05) is 18.5 Å². The molecule has 2 heterocycles. The van der Waals surface area contributed by atoms with Gasteiger partial charge in [0.15, 0.2) is 5.79 Å². The number of benzene rings is 1. The molecule has 2 aliphatic heterocycles. The number of nitrogens with one attached hydrogen (secondary N) is 1. The fourth-order valence-corrected chi connectivity index (χ4v) is 2.37. The second-order valence-electron chi connectivity index (χ2n) is 5.22. The number of para-hydroxylation sites is 1. The van der Waals surface area contributed by atoms with Crippen LogP contribution in [-0.2, 0) is 15.9 Å². The highest BCUT2D eigenvalue weighted by Crippen LogP contribution is 2.36. The van der Waals surface area contributed by atoms with Gasteiger partial charge in [-0.15, -0.1) is 0 Å². The van der Waals surface area contributed by atoms with Crippen molar-refractivity contribution in [1.29, 1.82) is 0 Å². The molecule has 0 radical (unpaired) electrons. The van der Waals surface area contributed by atoms with Gasteiger partial charge >= 0.3 is 0 Å². The Kier molecular flexibility index (Phi) is 2.03. The highest BCUT2D eigenvalue weighted by atomic mass is 16.7. The lowest BCUT2D eigenvalue weighted by atomic mass is 9.96. The first kappa shape index (κ1) is 10.1. The number of rotatable bonds is 0. The molecule has 3 nitrogen and oxygen atoms in total. The summed E-state index contributed by atoms with van der Waals surface area (Å²) in [5.41, 5.74) is 2.52. The summed E-state index contributed by atoms with van der Waals surface area (Å²) in [6, 6.07) is 8.41. The van der Waals surface area contributed by atoms with E-state index in [1.165, 1.54) is 11.3 Å². The Labute approximate surface area is 95.8 Å². The lowest BCUT2D eigenvalue weighted by Gasteiger charge is -2.41. The largest absolute Gasteiger partial charge is 0.375 e. The maximum absolute atomic E-state index is 5.75. The molecule has 0 amide bonds. The molecular weight excluding hydrogens is 202 g/mol. The molecule has 2 aliphatic rings. The lowest BCUT2D eigenvalue weighted by molar-refractivity contribution is -0.262. The smallest absolute Gasteiger partial charge is 0.162 e. The van der Waals surface area contributed by atoms with Gasteiger partial charge in [-0.2, -0.15) is 0 Å². The first-order valence-corrected chi connectivity index (χ1v) is 5.73. The summed E-state index contributed by atoms with van der Waals surface area (Å²) < 4.78 is 11.5. The Morgan fingerprint density at radius 3 is 2.50 bits per heavy atom. The van der Waals surface area contributed by atoms with Crippen molar-refractivity contribution in [3.8, 4) is 0 Å². The Balaban J connectivity index is 1.81. The van der Waals surface area contributed by atoms with Crippen molar-refractivity contribution in [1.82, 2.24) is 0 Å². The van der Waals surface area contributed by atoms with E-state index in [1.54, 1.807) is 0 Å². The predicted molar refractivity (Wildman–Crippen MR) is 62.5 cm³/mol. The monoisotopic (exact) mass is 219 g/mol. The Morgan fingerprint density at radius 1 is 1.12 bits per heavy atom. The van der Waals surface area contributed by atoms with E-state index in [0.717, 1.165) is 6.42 Å². The van der Waals surface area contributed by atoms with Gasteiger partial charge < -0.3 is 14.8 Å². The molecule has 1 saturated heterocycles. The van der Waals surface area contributed by atoms with Crippen LogP contribution in [0.1, 0.15) is 19.4 Å². The minimum atomic E-state index is -0.443. The van der Waals surface area contributed by atoms with E-state index in [0.29, 0.717) is 13.2 Å². The normalized spacial score (nSPS) is 25.1. The van der Waals surface area contributed by atoms with Crippen LogP contribution in [0.5, 0.6) is 0 Å². The average molecular weight is 219 g/mol. The van der Waals surface area contributed by atoms with Crippen molar-refractivity contribution < 1.29 is 9.47 Å². The first-order valence-electron chi connectivity index (χ1n) is 5.73. The molecule has 0 unspecified atom stereocenters. The molecule has 1 aromatic rings. The highest BCUT2D eigenvalue weighted by Gasteiger charge is 2.43. The summed E-state index contributed by atoms with van der Waals surface area (Å²) >= 11 is 0. The molecule has 0 atom stereocenters. The van der Waals surface area contributed by atoms with Gasteiger partial charge in [0.05, 0.1) is 18.8 Å².